The summed E-state index contributed by atoms with van der Waals surface area (Å²) in [5.41, 5.74) is 2.53. The molecule has 0 fully saturated rings. The average Bonchev–Trinajstić information content (AvgIpc) is 2.79. The Morgan fingerprint density at radius 1 is 0.867 bits per heavy atom. The Kier molecular flexibility index (Phi) is 7.61. The fourth-order valence-electron chi connectivity index (χ4n) is 2.99. The van der Waals surface area contributed by atoms with Crippen LogP contribution in [0.5, 0.6) is 5.75 Å². The maximum absolute atomic E-state index is 12.7. The smallest absolute Gasteiger partial charge is 0.255 e. The van der Waals surface area contributed by atoms with Crippen LogP contribution in [-0.4, -0.2) is 25.0 Å². The standard InChI is InChI=1S/C25H26N2O3/c1-2-17-30-21-12-8-11-20(18-21)24(28)27-23-14-7-6-13-22(23)25(29)26-16-15-19-9-4-3-5-10-19/h3-14,18H,2,15-17H2,1H3,(H,26,29)(H,27,28). The molecular weight excluding hydrogens is 376 g/mol. The molecule has 5 nitrogen and oxygen atoms in total. The molecule has 154 valence electrons. The second kappa shape index (κ2) is 10.8. The monoisotopic (exact) mass is 402 g/mol. The number of benzene rings is 3. The molecule has 0 unspecified atom stereocenters. The van der Waals surface area contributed by atoms with E-state index in [1.54, 1.807) is 42.5 Å². The molecule has 0 saturated heterocycles. The summed E-state index contributed by atoms with van der Waals surface area (Å²) in [6, 6.07) is 24.0. The van der Waals surface area contributed by atoms with Crippen LogP contribution in [-0.2, 0) is 6.42 Å². The number of amides is 2. The van der Waals surface area contributed by atoms with Crippen molar-refractivity contribution in [3.63, 3.8) is 0 Å². The van der Waals surface area contributed by atoms with Crippen molar-refractivity contribution in [2.24, 2.45) is 0 Å². The van der Waals surface area contributed by atoms with Crippen LogP contribution >= 0.6 is 0 Å². The molecule has 0 aliphatic rings. The molecule has 0 spiro atoms. The summed E-state index contributed by atoms with van der Waals surface area (Å²) in [6.45, 7) is 3.14. The first kappa shape index (κ1) is 21.1. The summed E-state index contributed by atoms with van der Waals surface area (Å²) in [5, 5.41) is 5.77. The van der Waals surface area contributed by atoms with Crippen molar-refractivity contribution in [1.29, 1.82) is 0 Å². The Morgan fingerprint density at radius 3 is 2.43 bits per heavy atom. The number of carbonyl (C=O) groups excluding carboxylic acids is 2. The summed E-state index contributed by atoms with van der Waals surface area (Å²) >= 11 is 0. The number of carbonyl (C=O) groups is 2. The molecule has 3 aromatic carbocycles. The fourth-order valence-corrected chi connectivity index (χ4v) is 2.99. The molecule has 0 bridgehead atoms. The lowest BCUT2D eigenvalue weighted by atomic mass is 10.1. The summed E-state index contributed by atoms with van der Waals surface area (Å²) in [7, 11) is 0. The minimum absolute atomic E-state index is 0.220. The van der Waals surface area contributed by atoms with Gasteiger partial charge in [0.05, 0.1) is 17.9 Å². The number of hydrogen-bond acceptors (Lipinski definition) is 3. The Morgan fingerprint density at radius 2 is 1.63 bits per heavy atom. The zero-order valence-corrected chi connectivity index (χ0v) is 17.1. The highest BCUT2D eigenvalue weighted by molar-refractivity contribution is 6.09. The number of para-hydroxylation sites is 1. The van der Waals surface area contributed by atoms with Crippen LogP contribution in [0, 0.1) is 0 Å². The van der Waals surface area contributed by atoms with Crippen LogP contribution in [0.4, 0.5) is 5.69 Å². The normalized spacial score (nSPS) is 10.3. The molecule has 0 heterocycles. The van der Waals surface area contributed by atoms with Crippen LogP contribution in [0.2, 0.25) is 0 Å². The van der Waals surface area contributed by atoms with Crippen molar-refractivity contribution in [2.75, 3.05) is 18.5 Å². The lowest BCUT2D eigenvalue weighted by Gasteiger charge is -2.12. The van der Waals surface area contributed by atoms with Crippen molar-refractivity contribution in [3.05, 3.63) is 95.6 Å². The number of hydrogen-bond donors (Lipinski definition) is 2. The van der Waals surface area contributed by atoms with Crippen molar-refractivity contribution in [1.82, 2.24) is 5.32 Å². The van der Waals surface area contributed by atoms with Gasteiger partial charge < -0.3 is 15.4 Å². The minimum atomic E-state index is -0.290. The number of ether oxygens (including phenoxy) is 1. The van der Waals surface area contributed by atoms with Gasteiger partial charge in [-0.05, 0) is 48.7 Å². The van der Waals surface area contributed by atoms with Gasteiger partial charge in [0, 0.05) is 12.1 Å². The van der Waals surface area contributed by atoms with E-state index in [0.717, 1.165) is 18.4 Å². The summed E-state index contributed by atoms with van der Waals surface area (Å²) in [5.74, 6) is 0.139. The third-order valence-electron chi connectivity index (χ3n) is 4.53. The Bertz CT molecular complexity index is 986. The van der Waals surface area contributed by atoms with Gasteiger partial charge in [-0.3, -0.25) is 9.59 Å². The molecule has 2 N–H and O–H groups in total. The van der Waals surface area contributed by atoms with Gasteiger partial charge in [-0.15, -0.1) is 0 Å². The first-order valence-electron chi connectivity index (χ1n) is 10.1. The topological polar surface area (TPSA) is 67.4 Å². The highest BCUT2D eigenvalue weighted by atomic mass is 16.5. The molecule has 3 aromatic rings. The van der Waals surface area contributed by atoms with E-state index < -0.39 is 0 Å². The Labute approximate surface area is 177 Å². The quantitative estimate of drug-likeness (QED) is 0.545. The highest BCUT2D eigenvalue weighted by Gasteiger charge is 2.14. The second-order valence-electron chi connectivity index (χ2n) is 6.87. The fraction of sp³-hybridized carbons (Fsp3) is 0.200. The summed E-state index contributed by atoms with van der Waals surface area (Å²) in [4.78, 5) is 25.4. The van der Waals surface area contributed by atoms with E-state index in [4.69, 9.17) is 4.74 Å². The van der Waals surface area contributed by atoms with Crippen molar-refractivity contribution < 1.29 is 14.3 Å². The SMILES string of the molecule is CCCOc1cccc(C(=O)Nc2ccccc2C(=O)NCCc2ccccc2)c1. The van der Waals surface area contributed by atoms with E-state index in [1.807, 2.05) is 43.3 Å². The zero-order valence-electron chi connectivity index (χ0n) is 17.1. The van der Waals surface area contributed by atoms with Crippen LogP contribution in [0.25, 0.3) is 0 Å². The largest absolute Gasteiger partial charge is 0.494 e. The molecule has 3 rings (SSSR count). The van der Waals surface area contributed by atoms with Crippen LogP contribution in [0.3, 0.4) is 0 Å². The highest BCUT2D eigenvalue weighted by Crippen LogP contribution is 2.19. The molecule has 0 aliphatic heterocycles. The molecule has 5 heteroatoms. The third kappa shape index (κ3) is 5.95. The van der Waals surface area contributed by atoms with E-state index in [-0.39, 0.29) is 11.8 Å². The first-order chi connectivity index (χ1) is 14.7. The van der Waals surface area contributed by atoms with E-state index in [1.165, 1.54) is 0 Å². The van der Waals surface area contributed by atoms with Gasteiger partial charge in [0.25, 0.3) is 11.8 Å². The van der Waals surface area contributed by atoms with Gasteiger partial charge >= 0.3 is 0 Å². The van der Waals surface area contributed by atoms with Gasteiger partial charge in [0.2, 0.25) is 0 Å². The summed E-state index contributed by atoms with van der Waals surface area (Å²) in [6.07, 6.45) is 1.63. The molecular formula is C25H26N2O3. The van der Waals surface area contributed by atoms with E-state index in [0.29, 0.717) is 35.7 Å². The zero-order chi connectivity index (χ0) is 21.2. The number of anilines is 1. The first-order valence-corrected chi connectivity index (χ1v) is 10.1. The minimum Gasteiger partial charge on any atom is -0.494 e. The summed E-state index contributed by atoms with van der Waals surface area (Å²) < 4.78 is 5.59. The van der Waals surface area contributed by atoms with Crippen molar-refractivity contribution >= 4 is 17.5 Å². The molecule has 0 aliphatic carbocycles. The molecule has 2 amide bonds. The van der Waals surface area contributed by atoms with E-state index in [2.05, 4.69) is 10.6 Å². The molecule has 0 saturated carbocycles. The second-order valence-corrected chi connectivity index (χ2v) is 6.87. The van der Waals surface area contributed by atoms with Crippen molar-refractivity contribution in [2.45, 2.75) is 19.8 Å². The lowest BCUT2D eigenvalue weighted by molar-refractivity contribution is 0.0955. The van der Waals surface area contributed by atoms with Gasteiger partial charge in [0.1, 0.15) is 5.75 Å². The molecule has 0 atom stereocenters. The number of rotatable bonds is 9. The lowest BCUT2D eigenvalue weighted by Crippen LogP contribution is -2.27. The number of nitrogens with one attached hydrogen (secondary N) is 2. The van der Waals surface area contributed by atoms with Crippen molar-refractivity contribution in [3.8, 4) is 5.75 Å². The van der Waals surface area contributed by atoms with Crippen LogP contribution in [0.1, 0.15) is 39.6 Å². The van der Waals surface area contributed by atoms with Crippen LogP contribution < -0.4 is 15.4 Å². The van der Waals surface area contributed by atoms with E-state index in [9.17, 15) is 9.59 Å². The van der Waals surface area contributed by atoms with Gasteiger partial charge in [-0.2, -0.15) is 0 Å². The van der Waals surface area contributed by atoms with Crippen LogP contribution in [0.15, 0.2) is 78.9 Å². The predicted octanol–water partition coefficient (Wildman–Crippen LogP) is 4.70. The van der Waals surface area contributed by atoms with Gasteiger partial charge in [-0.1, -0.05) is 55.5 Å². The molecule has 30 heavy (non-hydrogen) atoms. The van der Waals surface area contributed by atoms with Gasteiger partial charge in [-0.25, -0.2) is 0 Å². The Balaban J connectivity index is 1.64. The maximum atomic E-state index is 12.7. The Hall–Kier alpha value is -3.60. The van der Waals surface area contributed by atoms with E-state index >= 15 is 0 Å². The molecule has 0 aromatic heterocycles. The average molecular weight is 402 g/mol. The maximum Gasteiger partial charge on any atom is 0.255 e. The predicted molar refractivity (Wildman–Crippen MR) is 119 cm³/mol. The molecule has 0 radical (unpaired) electrons. The third-order valence-corrected chi connectivity index (χ3v) is 4.53. The van der Waals surface area contributed by atoms with Gasteiger partial charge in [0.15, 0.2) is 0 Å².